The van der Waals surface area contributed by atoms with Gasteiger partial charge in [-0.15, -0.1) is 0 Å². The largest absolute Gasteiger partial charge is 0.386 e. The van der Waals surface area contributed by atoms with Crippen molar-refractivity contribution in [2.75, 3.05) is 0 Å². The molecule has 0 amide bonds. The summed E-state index contributed by atoms with van der Waals surface area (Å²) in [5.74, 6) is 0. The molecule has 1 unspecified atom stereocenters. The minimum atomic E-state index is -0.709. The number of aromatic nitrogens is 2. The van der Waals surface area contributed by atoms with Gasteiger partial charge in [0.25, 0.3) is 0 Å². The van der Waals surface area contributed by atoms with E-state index in [9.17, 15) is 5.11 Å². The minimum Gasteiger partial charge on any atom is -0.386 e. The molecular formula is C9H13N3O. The Morgan fingerprint density at radius 3 is 3.15 bits per heavy atom. The second-order valence-corrected chi connectivity index (χ2v) is 2.86. The Hall–Kier alpha value is -1.34. The molecule has 1 aromatic rings. The summed E-state index contributed by atoms with van der Waals surface area (Å²) in [4.78, 5) is 0. The lowest BCUT2D eigenvalue weighted by Crippen LogP contribution is -2.08. The van der Waals surface area contributed by atoms with Crippen molar-refractivity contribution in [1.82, 2.24) is 9.78 Å². The summed E-state index contributed by atoms with van der Waals surface area (Å²) in [6.07, 6.45) is 2.02. The highest BCUT2D eigenvalue weighted by atomic mass is 16.3. The van der Waals surface area contributed by atoms with Crippen LogP contribution in [-0.2, 0) is 6.54 Å². The van der Waals surface area contributed by atoms with E-state index in [2.05, 4.69) is 5.10 Å². The highest BCUT2D eigenvalue weighted by Crippen LogP contribution is 2.15. The third-order valence-corrected chi connectivity index (χ3v) is 1.81. The highest BCUT2D eigenvalue weighted by Gasteiger charge is 2.11. The van der Waals surface area contributed by atoms with Gasteiger partial charge < -0.3 is 5.11 Å². The van der Waals surface area contributed by atoms with E-state index in [0.29, 0.717) is 0 Å². The first-order chi connectivity index (χ1) is 6.29. The average molecular weight is 179 g/mol. The van der Waals surface area contributed by atoms with E-state index in [1.165, 1.54) is 0 Å². The first-order valence-corrected chi connectivity index (χ1v) is 4.36. The minimum absolute atomic E-state index is 0.120. The summed E-state index contributed by atoms with van der Waals surface area (Å²) in [6, 6.07) is 3.68. The highest BCUT2D eigenvalue weighted by molar-refractivity contribution is 5.06. The quantitative estimate of drug-likeness (QED) is 0.756. The van der Waals surface area contributed by atoms with Crippen LogP contribution in [0.1, 0.15) is 31.6 Å². The molecule has 0 radical (unpaired) electrons. The maximum absolute atomic E-state index is 9.53. The number of aliphatic hydroxyl groups is 1. The third-order valence-electron chi connectivity index (χ3n) is 1.81. The van der Waals surface area contributed by atoms with Crippen LogP contribution >= 0.6 is 0 Å². The molecule has 0 aliphatic heterocycles. The van der Waals surface area contributed by atoms with E-state index < -0.39 is 6.10 Å². The molecule has 4 nitrogen and oxygen atoms in total. The fourth-order valence-electron chi connectivity index (χ4n) is 1.22. The number of rotatable bonds is 4. The first kappa shape index (κ1) is 9.75. The lowest BCUT2D eigenvalue weighted by atomic mass is 10.2. The zero-order valence-electron chi connectivity index (χ0n) is 7.64. The molecule has 1 heterocycles. The fraction of sp³-hybridized carbons (Fsp3) is 0.556. The van der Waals surface area contributed by atoms with Crippen LogP contribution in [0.25, 0.3) is 0 Å². The van der Waals surface area contributed by atoms with Crippen LogP contribution in [0.15, 0.2) is 12.3 Å². The molecule has 1 aromatic heterocycles. The zero-order chi connectivity index (χ0) is 9.68. The molecule has 0 fully saturated rings. The Balaban J connectivity index is 2.75. The Morgan fingerprint density at radius 2 is 2.54 bits per heavy atom. The van der Waals surface area contributed by atoms with Crippen molar-refractivity contribution in [3.8, 4) is 6.07 Å². The molecule has 1 atom stereocenters. The Kier molecular flexibility index (Phi) is 3.47. The summed E-state index contributed by atoms with van der Waals surface area (Å²) in [5.41, 5.74) is 0.725. The first-order valence-electron chi connectivity index (χ1n) is 4.36. The molecule has 0 saturated carbocycles. The predicted molar refractivity (Wildman–Crippen MR) is 47.7 cm³/mol. The Bertz CT molecular complexity index is 300. The monoisotopic (exact) mass is 179 g/mol. The number of nitriles is 1. The van der Waals surface area contributed by atoms with E-state index in [-0.39, 0.29) is 6.42 Å². The van der Waals surface area contributed by atoms with Gasteiger partial charge in [-0.2, -0.15) is 10.4 Å². The Labute approximate surface area is 77.4 Å². The summed E-state index contributed by atoms with van der Waals surface area (Å²) < 4.78 is 1.74. The second kappa shape index (κ2) is 4.63. The average Bonchev–Trinajstić information content (AvgIpc) is 2.54. The SMILES string of the molecule is CCCn1nccc1C(O)CC#N. The summed E-state index contributed by atoms with van der Waals surface area (Å²) in [6.45, 7) is 2.83. The number of hydrogen-bond acceptors (Lipinski definition) is 3. The summed E-state index contributed by atoms with van der Waals surface area (Å²) in [5, 5.41) is 22.0. The summed E-state index contributed by atoms with van der Waals surface area (Å²) >= 11 is 0. The van der Waals surface area contributed by atoms with Crippen LogP contribution in [0, 0.1) is 11.3 Å². The van der Waals surface area contributed by atoms with Gasteiger partial charge in [0.2, 0.25) is 0 Å². The van der Waals surface area contributed by atoms with Gasteiger partial charge in [-0.1, -0.05) is 6.92 Å². The topological polar surface area (TPSA) is 61.8 Å². The number of nitrogens with zero attached hydrogens (tertiary/aromatic N) is 3. The van der Waals surface area contributed by atoms with E-state index in [4.69, 9.17) is 5.26 Å². The van der Waals surface area contributed by atoms with E-state index >= 15 is 0 Å². The van der Waals surface area contributed by atoms with Crippen LogP contribution in [-0.4, -0.2) is 14.9 Å². The van der Waals surface area contributed by atoms with Gasteiger partial charge in [0, 0.05) is 12.7 Å². The van der Waals surface area contributed by atoms with Crippen molar-refractivity contribution >= 4 is 0 Å². The van der Waals surface area contributed by atoms with Crippen LogP contribution in [0.3, 0.4) is 0 Å². The van der Waals surface area contributed by atoms with Gasteiger partial charge in [-0.05, 0) is 12.5 Å². The van der Waals surface area contributed by atoms with Crippen molar-refractivity contribution < 1.29 is 5.11 Å². The summed E-state index contributed by atoms with van der Waals surface area (Å²) in [7, 11) is 0. The van der Waals surface area contributed by atoms with Gasteiger partial charge >= 0.3 is 0 Å². The molecule has 1 N–H and O–H groups in total. The van der Waals surface area contributed by atoms with Crippen LogP contribution in [0.2, 0.25) is 0 Å². The van der Waals surface area contributed by atoms with Crippen molar-refractivity contribution in [3.63, 3.8) is 0 Å². The van der Waals surface area contributed by atoms with Crippen molar-refractivity contribution in [1.29, 1.82) is 5.26 Å². The predicted octanol–water partition coefficient (Wildman–Crippen LogP) is 1.24. The molecule has 0 spiro atoms. The fourth-order valence-corrected chi connectivity index (χ4v) is 1.22. The van der Waals surface area contributed by atoms with Gasteiger partial charge in [0.15, 0.2) is 0 Å². The third kappa shape index (κ3) is 2.30. The van der Waals surface area contributed by atoms with Crippen molar-refractivity contribution in [2.45, 2.75) is 32.4 Å². The Morgan fingerprint density at radius 1 is 1.77 bits per heavy atom. The van der Waals surface area contributed by atoms with Crippen molar-refractivity contribution in [3.05, 3.63) is 18.0 Å². The molecule has 0 aliphatic rings. The number of aryl methyl sites for hydroxylation is 1. The molecule has 0 aliphatic carbocycles. The van der Waals surface area contributed by atoms with E-state index in [0.717, 1.165) is 18.7 Å². The number of hydrogen-bond donors (Lipinski definition) is 1. The maximum atomic E-state index is 9.53. The molecule has 4 heteroatoms. The molecule has 1 rings (SSSR count). The van der Waals surface area contributed by atoms with Gasteiger partial charge in [-0.3, -0.25) is 4.68 Å². The lowest BCUT2D eigenvalue weighted by Gasteiger charge is -2.09. The van der Waals surface area contributed by atoms with Gasteiger partial charge in [0.1, 0.15) is 6.10 Å². The standard InChI is InChI=1S/C9H13N3O/c1-2-7-12-8(4-6-11-12)9(13)3-5-10/h4,6,9,13H,2-3,7H2,1H3. The van der Waals surface area contributed by atoms with Crippen LogP contribution in [0.5, 0.6) is 0 Å². The van der Waals surface area contributed by atoms with E-state index in [1.54, 1.807) is 16.9 Å². The maximum Gasteiger partial charge on any atom is 0.109 e. The molecule has 0 bridgehead atoms. The molecular weight excluding hydrogens is 166 g/mol. The number of aliphatic hydroxyl groups excluding tert-OH is 1. The van der Waals surface area contributed by atoms with Gasteiger partial charge in [0.05, 0.1) is 18.2 Å². The van der Waals surface area contributed by atoms with Gasteiger partial charge in [-0.25, -0.2) is 0 Å². The zero-order valence-corrected chi connectivity index (χ0v) is 7.64. The van der Waals surface area contributed by atoms with Crippen LogP contribution < -0.4 is 0 Å². The van der Waals surface area contributed by atoms with E-state index in [1.807, 2.05) is 13.0 Å². The molecule has 13 heavy (non-hydrogen) atoms. The normalized spacial score (nSPS) is 12.4. The van der Waals surface area contributed by atoms with Crippen molar-refractivity contribution in [2.24, 2.45) is 0 Å². The smallest absolute Gasteiger partial charge is 0.109 e. The molecule has 70 valence electrons. The van der Waals surface area contributed by atoms with Crippen LogP contribution in [0.4, 0.5) is 0 Å². The molecule has 0 saturated heterocycles. The lowest BCUT2D eigenvalue weighted by molar-refractivity contribution is 0.171. The molecule has 0 aromatic carbocycles. The second-order valence-electron chi connectivity index (χ2n) is 2.86.